The molecule has 0 spiro atoms. The standard InChI is InChI=1S/C14H23N3OS2/c1-3-19-13-5-4-12(20-13)14(18)15-6-7-17-10-8-16(2)9-11-17/h4-5H,3,6-11H2,1-2H3,(H,15,18). The molecule has 6 heteroatoms. The fourth-order valence-corrected chi connectivity index (χ4v) is 4.11. The van der Waals surface area contributed by atoms with Gasteiger partial charge >= 0.3 is 0 Å². The van der Waals surface area contributed by atoms with Crippen molar-refractivity contribution in [2.45, 2.75) is 11.1 Å². The van der Waals surface area contributed by atoms with E-state index in [1.165, 1.54) is 4.21 Å². The van der Waals surface area contributed by atoms with Crippen LogP contribution in [0.1, 0.15) is 16.6 Å². The van der Waals surface area contributed by atoms with Crippen molar-refractivity contribution in [2.75, 3.05) is 52.1 Å². The molecular formula is C14H23N3OS2. The van der Waals surface area contributed by atoms with Crippen molar-refractivity contribution in [3.8, 4) is 0 Å². The highest BCUT2D eigenvalue weighted by atomic mass is 32.2. The highest BCUT2D eigenvalue weighted by Gasteiger charge is 2.14. The van der Waals surface area contributed by atoms with Crippen molar-refractivity contribution in [1.29, 1.82) is 0 Å². The van der Waals surface area contributed by atoms with E-state index in [1.54, 1.807) is 23.1 Å². The molecule has 20 heavy (non-hydrogen) atoms. The van der Waals surface area contributed by atoms with Gasteiger partial charge in [0.1, 0.15) is 0 Å². The quantitative estimate of drug-likeness (QED) is 0.813. The average molecular weight is 313 g/mol. The van der Waals surface area contributed by atoms with Gasteiger partial charge in [0.2, 0.25) is 0 Å². The third-order valence-corrected chi connectivity index (χ3v) is 5.59. The monoisotopic (exact) mass is 313 g/mol. The molecule has 1 N–H and O–H groups in total. The number of thiophene rings is 1. The van der Waals surface area contributed by atoms with E-state index in [-0.39, 0.29) is 5.91 Å². The molecular weight excluding hydrogens is 290 g/mol. The number of hydrogen-bond donors (Lipinski definition) is 1. The molecule has 2 heterocycles. The topological polar surface area (TPSA) is 35.6 Å². The lowest BCUT2D eigenvalue weighted by Gasteiger charge is -2.32. The Kier molecular flexibility index (Phi) is 6.35. The largest absolute Gasteiger partial charge is 0.350 e. The summed E-state index contributed by atoms with van der Waals surface area (Å²) in [5, 5.41) is 3.02. The summed E-state index contributed by atoms with van der Waals surface area (Å²) < 4.78 is 1.22. The first-order chi connectivity index (χ1) is 9.69. The molecule has 0 radical (unpaired) electrons. The van der Waals surface area contributed by atoms with Crippen molar-refractivity contribution in [3.05, 3.63) is 17.0 Å². The number of rotatable bonds is 6. The first-order valence-electron chi connectivity index (χ1n) is 7.10. The lowest BCUT2D eigenvalue weighted by molar-refractivity contribution is 0.0945. The second kappa shape index (κ2) is 8.02. The maximum atomic E-state index is 12.0. The summed E-state index contributed by atoms with van der Waals surface area (Å²) in [4.78, 5) is 17.6. The zero-order valence-corrected chi connectivity index (χ0v) is 13.9. The summed E-state index contributed by atoms with van der Waals surface area (Å²) in [5.74, 6) is 1.11. The van der Waals surface area contributed by atoms with E-state index in [9.17, 15) is 4.79 Å². The van der Waals surface area contributed by atoms with Crippen LogP contribution in [-0.2, 0) is 0 Å². The summed E-state index contributed by atoms with van der Waals surface area (Å²) in [6.07, 6.45) is 0. The molecule has 1 amide bonds. The first-order valence-corrected chi connectivity index (χ1v) is 8.91. The van der Waals surface area contributed by atoms with Crippen molar-refractivity contribution < 1.29 is 4.79 Å². The number of nitrogens with one attached hydrogen (secondary N) is 1. The lowest BCUT2D eigenvalue weighted by atomic mass is 10.3. The van der Waals surface area contributed by atoms with Crippen molar-refractivity contribution >= 4 is 29.0 Å². The van der Waals surface area contributed by atoms with Gasteiger partial charge in [0.25, 0.3) is 5.91 Å². The van der Waals surface area contributed by atoms with E-state index in [0.29, 0.717) is 0 Å². The average Bonchev–Trinajstić information content (AvgIpc) is 2.90. The first kappa shape index (κ1) is 15.8. The molecule has 1 aliphatic heterocycles. The van der Waals surface area contributed by atoms with Gasteiger partial charge in [0, 0.05) is 39.3 Å². The number of nitrogens with zero attached hydrogens (tertiary/aromatic N) is 2. The smallest absolute Gasteiger partial charge is 0.261 e. The summed E-state index contributed by atoms with van der Waals surface area (Å²) in [5.41, 5.74) is 0. The molecule has 2 rings (SSSR count). The Labute approximate surface area is 129 Å². The van der Waals surface area contributed by atoms with E-state index in [0.717, 1.165) is 49.9 Å². The van der Waals surface area contributed by atoms with Crippen molar-refractivity contribution in [3.63, 3.8) is 0 Å². The van der Waals surface area contributed by atoms with Crippen molar-refractivity contribution in [1.82, 2.24) is 15.1 Å². The minimum atomic E-state index is 0.0621. The van der Waals surface area contributed by atoms with Crippen LogP contribution in [0.2, 0.25) is 0 Å². The number of likely N-dealkylation sites (N-methyl/N-ethyl adjacent to an activating group) is 1. The molecule has 1 saturated heterocycles. The lowest BCUT2D eigenvalue weighted by Crippen LogP contribution is -2.46. The summed E-state index contributed by atoms with van der Waals surface area (Å²) >= 11 is 3.37. The van der Waals surface area contributed by atoms with Gasteiger partial charge in [-0.25, -0.2) is 0 Å². The van der Waals surface area contributed by atoms with Gasteiger partial charge in [-0.1, -0.05) is 6.92 Å². The van der Waals surface area contributed by atoms with E-state index in [2.05, 4.69) is 29.1 Å². The van der Waals surface area contributed by atoms with Gasteiger partial charge in [0.15, 0.2) is 0 Å². The van der Waals surface area contributed by atoms with Gasteiger partial charge in [-0.2, -0.15) is 0 Å². The molecule has 0 atom stereocenters. The zero-order chi connectivity index (χ0) is 14.4. The fourth-order valence-electron chi connectivity index (χ4n) is 2.15. The molecule has 1 aromatic rings. The van der Waals surface area contributed by atoms with Gasteiger partial charge in [0.05, 0.1) is 9.09 Å². The van der Waals surface area contributed by atoms with Crippen molar-refractivity contribution in [2.24, 2.45) is 0 Å². The number of amides is 1. The Morgan fingerprint density at radius 3 is 2.80 bits per heavy atom. The van der Waals surface area contributed by atoms with E-state index in [1.807, 2.05) is 12.1 Å². The Hall–Kier alpha value is -0.560. The minimum absolute atomic E-state index is 0.0621. The van der Waals surface area contributed by atoms with E-state index in [4.69, 9.17) is 0 Å². The van der Waals surface area contributed by atoms with E-state index >= 15 is 0 Å². The molecule has 0 bridgehead atoms. The maximum Gasteiger partial charge on any atom is 0.261 e. The van der Waals surface area contributed by atoms with Crippen LogP contribution in [0.3, 0.4) is 0 Å². The number of piperazine rings is 1. The molecule has 1 aromatic heterocycles. The van der Waals surface area contributed by atoms with Crippen LogP contribution in [0.5, 0.6) is 0 Å². The molecule has 0 aromatic carbocycles. The molecule has 0 saturated carbocycles. The summed E-state index contributed by atoms with van der Waals surface area (Å²) in [6, 6.07) is 3.96. The van der Waals surface area contributed by atoms with Crippen LogP contribution in [0.25, 0.3) is 0 Å². The second-order valence-electron chi connectivity index (χ2n) is 4.95. The number of hydrogen-bond acceptors (Lipinski definition) is 5. The maximum absolute atomic E-state index is 12.0. The predicted octanol–water partition coefficient (Wildman–Crippen LogP) is 1.84. The normalized spacial score (nSPS) is 17.3. The highest BCUT2D eigenvalue weighted by Crippen LogP contribution is 2.26. The van der Waals surface area contributed by atoms with Gasteiger partial charge in [-0.15, -0.1) is 23.1 Å². The third-order valence-electron chi connectivity index (χ3n) is 3.40. The van der Waals surface area contributed by atoms with Gasteiger partial charge < -0.3 is 10.2 Å². The highest BCUT2D eigenvalue weighted by molar-refractivity contribution is 8.01. The summed E-state index contributed by atoms with van der Waals surface area (Å²) in [7, 11) is 2.15. The number of carbonyl (C=O) groups is 1. The van der Waals surface area contributed by atoms with Crippen LogP contribution in [0, 0.1) is 0 Å². The third kappa shape index (κ3) is 4.77. The predicted molar refractivity (Wildman–Crippen MR) is 87.0 cm³/mol. The Morgan fingerprint density at radius 1 is 1.35 bits per heavy atom. The molecule has 1 fully saturated rings. The zero-order valence-electron chi connectivity index (χ0n) is 12.2. The molecule has 0 aliphatic carbocycles. The molecule has 1 aliphatic rings. The SMILES string of the molecule is CCSc1ccc(C(=O)NCCN2CCN(C)CC2)s1. The molecule has 4 nitrogen and oxygen atoms in total. The number of carbonyl (C=O) groups excluding carboxylic acids is 1. The van der Waals surface area contributed by atoms with Gasteiger partial charge in [-0.05, 0) is 24.9 Å². The van der Waals surface area contributed by atoms with Crippen LogP contribution in [-0.4, -0.2) is 67.8 Å². The Bertz CT molecular complexity index is 428. The van der Waals surface area contributed by atoms with Crippen LogP contribution < -0.4 is 5.32 Å². The minimum Gasteiger partial charge on any atom is -0.350 e. The molecule has 112 valence electrons. The van der Waals surface area contributed by atoms with Crippen LogP contribution in [0.15, 0.2) is 16.3 Å². The Balaban J connectivity index is 1.69. The molecule has 0 unspecified atom stereocenters. The van der Waals surface area contributed by atoms with E-state index < -0.39 is 0 Å². The summed E-state index contributed by atoms with van der Waals surface area (Å²) in [6.45, 7) is 8.25. The van der Waals surface area contributed by atoms with Crippen LogP contribution >= 0.6 is 23.1 Å². The fraction of sp³-hybridized carbons (Fsp3) is 0.643. The second-order valence-corrected chi connectivity index (χ2v) is 7.60. The van der Waals surface area contributed by atoms with Crippen LogP contribution in [0.4, 0.5) is 0 Å². The number of thioether (sulfide) groups is 1. The van der Waals surface area contributed by atoms with Gasteiger partial charge in [-0.3, -0.25) is 9.69 Å². The Morgan fingerprint density at radius 2 is 2.10 bits per heavy atom.